The Balaban J connectivity index is 2.17. The first kappa shape index (κ1) is 18.1. The van der Waals surface area contributed by atoms with Gasteiger partial charge in [-0.2, -0.15) is 0 Å². The smallest absolute Gasteiger partial charge is 0.410 e. The molecule has 1 aliphatic carbocycles. The Morgan fingerprint density at radius 2 is 1.96 bits per heavy atom. The molecular formula is C18H25NO5. The van der Waals surface area contributed by atoms with Crippen LogP contribution < -0.4 is 4.74 Å². The van der Waals surface area contributed by atoms with E-state index in [2.05, 4.69) is 0 Å². The molecule has 0 spiro atoms. The van der Waals surface area contributed by atoms with Crippen LogP contribution in [-0.4, -0.2) is 41.3 Å². The highest BCUT2D eigenvalue weighted by molar-refractivity contribution is 5.91. The molecule has 1 aliphatic rings. The van der Waals surface area contributed by atoms with Crippen molar-refractivity contribution in [1.82, 2.24) is 4.90 Å². The minimum absolute atomic E-state index is 0.0885. The number of ether oxygens (including phenoxy) is 2. The summed E-state index contributed by atoms with van der Waals surface area (Å²) in [4.78, 5) is 25.4. The number of carboxylic acids is 1. The molecular weight excluding hydrogens is 310 g/mol. The number of hydrogen-bond acceptors (Lipinski definition) is 4. The van der Waals surface area contributed by atoms with E-state index in [-0.39, 0.29) is 11.7 Å². The van der Waals surface area contributed by atoms with Crippen LogP contribution in [0.15, 0.2) is 18.2 Å². The first-order valence-electron chi connectivity index (χ1n) is 8.07. The van der Waals surface area contributed by atoms with E-state index < -0.39 is 11.6 Å². The molecule has 24 heavy (non-hydrogen) atoms. The zero-order valence-corrected chi connectivity index (χ0v) is 14.7. The second kappa shape index (κ2) is 7.11. The van der Waals surface area contributed by atoms with Crippen molar-refractivity contribution in [3.8, 4) is 5.75 Å². The van der Waals surface area contributed by atoms with E-state index >= 15 is 0 Å². The predicted octanol–water partition coefficient (Wildman–Crippen LogP) is 3.54. The van der Waals surface area contributed by atoms with Crippen LogP contribution in [0, 0.1) is 5.92 Å². The van der Waals surface area contributed by atoms with E-state index in [1.165, 1.54) is 7.11 Å². The van der Waals surface area contributed by atoms with Gasteiger partial charge in [0, 0.05) is 13.1 Å². The summed E-state index contributed by atoms with van der Waals surface area (Å²) < 4.78 is 10.5. The molecule has 0 radical (unpaired) electrons. The molecule has 1 amide bonds. The molecule has 132 valence electrons. The summed E-state index contributed by atoms with van der Waals surface area (Å²) in [5.74, 6) is -0.244. The molecule has 0 heterocycles. The number of carboxylic acid groups (broad SMARTS) is 1. The minimum Gasteiger partial charge on any atom is -0.496 e. The van der Waals surface area contributed by atoms with Crippen LogP contribution in [0.3, 0.4) is 0 Å². The van der Waals surface area contributed by atoms with Crippen LogP contribution >= 0.6 is 0 Å². The van der Waals surface area contributed by atoms with Crippen molar-refractivity contribution in [3.63, 3.8) is 0 Å². The van der Waals surface area contributed by atoms with E-state index in [4.69, 9.17) is 9.47 Å². The lowest BCUT2D eigenvalue weighted by molar-refractivity contribution is 0.0224. The summed E-state index contributed by atoms with van der Waals surface area (Å²) in [6.07, 6.45) is 1.85. The van der Waals surface area contributed by atoms with E-state index in [0.717, 1.165) is 18.4 Å². The van der Waals surface area contributed by atoms with Crippen molar-refractivity contribution in [2.45, 2.75) is 45.8 Å². The molecule has 1 N–H and O–H groups in total. The Hall–Kier alpha value is -2.24. The molecule has 0 bridgehead atoms. The van der Waals surface area contributed by atoms with E-state index in [0.29, 0.717) is 24.8 Å². The Bertz CT molecular complexity index is 616. The van der Waals surface area contributed by atoms with Crippen molar-refractivity contribution >= 4 is 12.1 Å². The predicted molar refractivity (Wildman–Crippen MR) is 89.3 cm³/mol. The molecule has 2 rings (SSSR count). The summed E-state index contributed by atoms with van der Waals surface area (Å²) in [6, 6.07) is 4.93. The number of carbonyl (C=O) groups excluding carboxylic acids is 1. The standard InChI is InChI=1S/C18H25NO5/c1-18(2,3)24-17(22)19(10-12-5-6-12)11-13-7-8-15(23-4)14(9-13)16(20)21/h7-9,12H,5-6,10-11H2,1-4H3,(H,20,21). The summed E-state index contributed by atoms with van der Waals surface area (Å²) >= 11 is 0. The molecule has 0 aromatic heterocycles. The number of benzene rings is 1. The Morgan fingerprint density at radius 3 is 2.46 bits per heavy atom. The molecule has 1 saturated carbocycles. The maximum absolute atomic E-state index is 12.4. The van der Waals surface area contributed by atoms with Gasteiger partial charge < -0.3 is 19.5 Å². The first-order chi connectivity index (χ1) is 11.2. The lowest BCUT2D eigenvalue weighted by Crippen LogP contribution is -2.37. The quantitative estimate of drug-likeness (QED) is 0.860. The van der Waals surface area contributed by atoms with Crippen molar-refractivity contribution in [1.29, 1.82) is 0 Å². The molecule has 1 aromatic carbocycles. The Labute approximate surface area is 142 Å². The minimum atomic E-state index is -1.06. The number of carbonyl (C=O) groups is 2. The van der Waals surface area contributed by atoms with E-state index in [1.807, 2.05) is 20.8 Å². The lowest BCUT2D eigenvalue weighted by Gasteiger charge is -2.27. The Kier molecular flexibility index (Phi) is 5.36. The van der Waals surface area contributed by atoms with Crippen molar-refractivity contribution in [3.05, 3.63) is 29.3 Å². The number of methoxy groups -OCH3 is 1. The van der Waals surface area contributed by atoms with Gasteiger partial charge in [0.25, 0.3) is 0 Å². The van der Waals surface area contributed by atoms with Gasteiger partial charge in [0.1, 0.15) is 16.9 Å². The van der Waals surface area contributed by atoms with Crippen molar-refractivity contribution in [2.24, 2.45) is 5.92 Å². The maximum atomic E-state index is 12.4. The molecule has 0 aliphatic heterocycles. The number of rotatable bonds is 6. The second-order valence-corrected chi connectivity index (χ2v) is 7.14. The summed E-state index contributed by atoms with van der Waals surface area (Å²) in [5, 5.41) is 9.29. The average molecular weight is 335 g/mol. The normalized spacial score (nSPS) is 14.2. The van der Waals surface area contributed by atoms with Gasteiger partial charge in [-0.15, -0.1) is 0 Å². The zero-order chi connectivity index (χ0) is 17.9. The van der Waals surface area contributed by atoms with Crippen LogP contribution in [0.2, 0.25) is 0 Å². The molecule has 1 fully saturated rings. The fourth-order valence-corrected chi connectivity index (χ4v) is 2.38. The van der Waals surface area contributed by atoms with Gasteiger partial charge in [0.2, 0.25) is 0 Å². The summed E-state index contributed by atoms with van der Waals surface area (Å²) in [6.45, 7) is 6.43. The van der Waals surface area contributed by atoms with Crippen LogP contribution in [0.4, 0.5) is 4.79 Å². The maximum Gasteiger partial charge on any atom is 0.410 e. The largest absolute Gasteiger partial charge is 0.496 e. The summed E-state index contributed by atoms with van der Waals surface area (Å²) in [7, 11) is 1.43. The number of amides is 1. The van der Waals surface area contributed by atoms with Crippen LogP contribution in [0.1, 0.15) is 49.5 Å². The molecule has 0 unspecified atom stereocenters. The molecule has 0 atom stereocenters. The van der Waals surface area contributed by atoms with Gasteiger partial charge in [-0.3, -0.25) is 0 Å². The number of hydrogen-bond donors (Lipinski definition) is 1. The fourth-order valence-electron chi connectivity index (χ4n) is 2.38. The van der Waals surface area contributed by atoms with Crippen molar-refractivity contribution in [2.75, 3.05) is 13.7 Å². The van der Waals surface area contributed by atoms with E-state index in [9.17, 15) is 14.7 Å². The molecule has 6 nitrogen and oxygen atoms in total. The molecule has 1 aromatic rings. The van der Waals surface area contributed by atoms with Gasteiger partial charge >= 0.3 is 12.1 Å². The van der Waals surface area contributed by atoms with Crippen LogP contribution in [0.25, 0.3) is 0 Å². The average Bonchev–Trinajstić information content (AvgIpc) is 3.28. The van der Waals surface area contributed by atoms with Gasteiger partial charge in [0.15, 0.2) is 0 Å². The number of aromatic carboxylic acids is 1. The Morgan fingerprint density at radius 1 is 1.29 bits per heavy atom. The highest BCUT2D eigenvalue weighted by atomic mass is 16.6. The lowest BCUT2D eigenvalue weighted by atomic mass is 10.1. The van der Waals surface area contributed by atoms with E-state index in [1.54, 1.807) is 23.1 Å². The second-order valence-electron chi connectivity index (χ2n) is 7.14. The third-order valence-corrected chi connectivity index (χ3v) is 3.69. The van der Waals surface area contributed by atoms with Crippen molar-refractivity contribution < 1.29 is 24.2 Å². The van der Waals surface area contributed by atoms with Gasteiger partial charge in [-0.1, -0.05) is 6.07 Å². The molecule has 6 heteroatoms. The van der Waals surface area contributed by atoms with Gasteiger partial charge in [-0.05, 0) is 57.2 Å². The SMILES string of the molecule is COc1ccc(CN(CC2CC2)C(=O)OC(C)(C)C)cc1C(=O)O. The highest BCUT2D eigenvalue weighted by Crippen LogP contribution is 2.31. The topological polar surface area (TPSA) is 76.1 Å². The van der Waals surface area contributed by atoms with Gasteiger partial charge in [-0.25, -0.2) is 9.59 Å². The van der Waals surface area contributed by atoms with Gasteiger partial charge in [0.05, 0.1) is 7.11 Å². The van der Waals surface area contributed by atoms with Crippen LogP contribution in [-0.2, 0) is 11.3 Å². The summed E-state index contributed by atoms with van der Waals surface area (Å²) in [5.41, 5.74) is 0.260. The number of nitrogens with zero attached hydrogens (tertiary/aromatic N) is 1. The zero-order valence-electron chi connectivity index (χ0n) is 14.7. The highest BCUT2D eigenvalue weighted by Gasteiger charge is 2.29. The third-order valence-electron chi connectivity index (χ3n) is 3.69. The first-order valence-corrected chi connectivity index (χ1v) is 8.07. The van der Waals surface area contributed by atoms with Crippen LogP contribution in [0.5, 0.6) is 5.75 Å². The monoisotopic (exact) mass is 335 g/mol. The third kappa shape index (κ3) is 5.15. The molecule has 0 saturated heterocycles. The fraction of sp³-hybridized carbons (Fsp3) is 0.556.